The first kappa shape index (κ1) is 10.4. The van der Waals surface area contributed by atoms with E-state index >= 15 is 0 Å². The molecule has 2 heterocycles. The fourth-order valence-electron chi connectivity index (χ4n) is 1.67. The molecule has 0 saturated heterocycles. The Morgan fingerprint density at radius 3 is 2.82 bits per heavy atom. The van der Waals surface area contributed by atoms with Gasteiger partial charge in [-0.25, -0.2) is 0 Å². The van der Waals surface area contributed by atoms with Gasteiger partial charge < -0.3 is 0 Å². The summed E-state index contributed by atoms with van der Waals surface area (Å²) in [7, 11) is 0. The zero-order valence-corrected chi connectivity index (χ0v) is 10.3. The number of halogens is 1. The van der Waals surface area contributed by atoms with E-state index in [2.05, 4.69) is 4.98 Å². The van der Waals surface area contributed by atoms with Crippen LogP contribution in [0.15, 0.2) is 47.5 Å². The molecule has 0 N–H and O–H groups in total. The van der Waals surface area contributed by atoms with E-state index in [1.807, 2.05) is 0 Å². The minimum atomic E-state index is -0.444. The average Bonchev–Trinajstić information content (AvgIpc) is 2.69. The number of hydrogen-bond donors (Lipinski definition) is 0. The Kier molecular flexibility index (Phi) is 2.42. The van der Waals surface area contributed by atoms with Crippen LogP contribution >= 0.6 is 0 Å². The molecule has 0 amide bonds. The third kappa shape index (κ3) is 1.64. The predicted octanol–water partition coefficient (Wildman–Crippen LogP) is 1.58. The molecule has 0 aliphatic heterocycles. The maximum absolute atomic E-state index is 13.6. The van der Waals surface area contributed by atoms with Gasteiger partial charge in [0.1, 0.15) is 0 Å². The standard InChI is InChI=1S/C12H7FN2OSe/c13-9-4-1-5-10-11(9)12(16)15(17-10)8-3-2-6-14-7-8/h1-7H. The molecule has 2 aromatic heterocycles. The third-order valence-electron chi connectivity index (χ3n) is 2.44. The summed E-state index contributed by atoms with van der Waals surface area (Å²) in [5.41, 5.74) is 0.444. The van der Waals surface area contributed by atoms with Crippen LogP contribution in [0.25, 0.3) is 15.3 Å². The summed E-state index contributed by atoms with van der Waals surface area (Å²) in [4.78, 5) is 16.1. The van der Waals surface area contributed by atoms with Crippen LogP contribution in [0.5, 0.6) is 0 Å². The van der Waals surface area contributed by atoms with Crippen LogP contribution in [0.3, 0.4) is 0 Å². The molecule has 0 unspecified atom stereocenters. The van der Waals surface area contributed by atoms with Crippen molar-refractivity contribution in [3.05, 3.63) is 58.9 Å². The van der Waals surface area contributed by atoms with Crippen LogP contribution in [-0.2, 0) is 0 Å². The Bertz CT molecular complexity index is 733. The van der Waals surface area contributed by atoms with Gasteiger partial charge in [-0.15, -0.1) is 0 Å². The summed E-state index contributed by atoms with van der Waals surface area (Å²) < 4.78 is 16.0. The molecule has 0 atom stereocenters. The van der Waals surface area contributed by atoms with Gasteiger partial charge in [0.05, 0.1) is 0 Å². The summed E-state index contributed by atoms with van der Waals surface area (Å²) in [5, 5.41) is 0.205. The van der Waals surface area contributed by atoms with Crippen molar-refractivity contribution >= 4 is 24.4 Å². The van der Waals surface area contributed by atoms with Gasteiger partial charge in [0.25, 0.3) is 0 Å². The van der Waals surface area contributed by atoms with Crippen LogP contribution in [0, 0.1) is 5.82 Å². The van der Waals surface area contributed by atoms with E-state index < -0.39 is 5.82 Å². The molecule has 17 heavy (non-hydrogen) atoms. The molecule has 0 aliphatic rings. The fourth-order valence-corrected chi connectivity index (χ4v) is 3.77. The summed E-state index contributed by atoms with van der Waals surface area (Å²) >= 11 is -0.211. The van der Waals surface area contributed by atoms with Gasteiger partial charge in [0.2, 0.25) is 0 Å². The van der Waals surface area contributed by atoms with E-state index in [9.17, 15) is 9.18 Å². The van der Waals surface area contributed by atoms with Gasteiger partial charge in [-0.1, -0.05) is 0 Å². The van der Waals surface area contributed by atoms with Crippen molar-refractivity contribution in [3.63, 3.8) is 0 Å². The molecule has 0 saturated carbocycles. The van der Waals surface area contributed by atoms with Crippen molar-refractivity contribution in [2.75, 3.05) is 0 Å². The number of hydrogen-bond acceptors (Lipinski definition) is 2. The summed E-state index contributed by atoms with van der Waals surface area (Å²) in [6.45, 7) is 0. The predicted molar refractivity (Wildman–Crippen MR) is 64.2 cm³/mol. The van der Waals surface area contributed by atoms with Gasteiger partial charge in [0.15, 0.2) is 0 Å². The van der Waals surface area contributed by atoms with Crippen molar-refractivity contribution < 1.29 is 4.39 Å². The minimum absolute atomic E-state index is 0.205. The van der Waals surface area contributed by atoms with Crippen molar-refractivity contribution in [1.82, 2.24) is 8.55 Å². The summed E-state index contributed by atoms with van der Waals surface area (Å²) in [6.07, 6.45) is 3.26. The van der Waals surface area contributed by atoms with Gasteiger partial charge in [-0.3, -0.25) is 0 Å². The first-order chi connectivity index (χ1) is 8.27. The van der Waals surface area contributed by atoms with E-state index in [1.54, 1.807) is 40.2 Å². The van der Waals surface area contributed by atoms with Gasteiger partial charge >= 0.3 is 102 Å². The molecule has 3 nitrogen and oxygen atoms in total. The molecular formula is C12H7FN2OSe. The number of pyridine rings is 1. The first-order valence-corrected chi connectivity index (χ1v) is 6.60. The molecule has 0 fully saturated rings. The molecular weight excluding hydrogens is 286 g/mol. The quantitative estimate of drug-likeness (QED) is 0.639. The van der Waals surface area contributed by atoms with Gasteiger partial charge in [0, 0.05) is 0 Å². The molecule has 0 aliphatic carbocycles. The Morgan fingerprint density at radius 1 is 1.24 bits per heavy atom. The van der Waals surface area contributed by atoms with Gasteiger partial charge in [-0.05, 0) is 0 Å². The second-order valence-corrected chi connectivity index (χ2v) is 5.59. The summed E-state index contributed by atoms with van der Waals surface area (Å²) in [6, 6.07) is 8.32. The molecule has 0 radical (unpaired) electrons. The van der Waals surface area contributed by atoms with E-state index in [1.165, 1.54) is 6.07 Å². The normalized spacial score (nSPS) is 10.9. The number of benzene rings is 1. The average molecular weight is 293 g/mol. The third-order valence-corrected chi connectivity index (χ3v) is 4.74. The number of fused-ring (bicyclic) bond motifs is 1. The number of rotatable bonds is 1. The Morgan fingerprint density at radius 2 is 2.12 bits per heavy atom. The van der Waals surface area contributed by atoms with Crippen LogP contribution in [0.2, 0.25) is 0 Å². The maximum atomic E-state index is 13.6. The number of aromatic nitrogens is 2. The number of nitrogens with zero attached hydrogens (tertiary/aromatic N) is 2. The molecule has 0 spiro atoms. The zero-order chi connectivity index (χ0) is 11.8. The molecule has 5 heteroatoms. The molecule has 3 rings (SSSR count). The molecule has 3 aromatic rings. The van der Waals surface area contributed by atoms with E-state index in [0.717, 1.165) is 4.26 Å². The molecule has 84 valence electrons. The molecule has 0 bridgehead atoms. The van der Waals surface area contributed by atoms with Crippen LogP contribution in [-0.4, -0.2) is 23.3 Å². The van der Waals surface area contributed by atoms with Gasteiger partial charge in [-0.2, -0.15) is 0 Å². The van der Waals surface area contributed by atoms with Crippen LogP contribution < -0.4 is 5.56 Å². The van der Waals surface area contributed by atoms with E-state index in [-0.39, 0.29) is 25.7 Å². The second kappa shape index (κ2) is 3.95. The van der Waals surface area contributed by atoms with Crippen molar-refractivity contribution in [3.8, 4) is 5.69 Å². The Balaban J connectivity index is 2.37. The van der Waals surface area contributed by atoms with Crippen molar-refractivity contribution in [1.29, 1.82) is 0 Å². The molecule has 1 aromatic carbocycles. The summed E-state index contributed by atoms with van der Waals surface area (Å²) in [5.74, 6) is -0.444. The fraction of sp³-hybridized carbons (Fsp3) is 0. The van der Waals surface area contributed by atoms with E-state index in [4.69, 9.17) is 0 Å². The van der Waals surface area contributed by atoms with Crippen molar-refractivity contribution in [2.45, 2.75) is 0 Å². The Labute approximate surface area is 102 Å². The first-order valence-electron chi connectivity index (χ1n) is 4.98. The zero-order valence-electron chi connectivity index (χ0n) is 8.63. The van der Waals surface area contributed by atoms with E-state index in [0.29, 0.717) is 5.69 Å². The van der Waals surface area contributed by atoms with Crippen molar-refractivity contribution in [2.24, 2.45) is 0 Å². The Hall–Kier alpha value is -1.71. The SMILES string of the molecule is O=c1c2c(F)cccc2[se]n1-c1cccnc1. The topological polar surface area (TPSA) is 34.9 Å². The van der Waals surface area contributed by atoms with Crippen LogP contribution in [0.4, 0.5) is 4.39 Å². The monoisotopic (exact) mass is 294 g/mol. The van der Waals surface area contributed by atoms with Crippen LogP contribution in [0.1, 0.15) is 0 Å². The second-order valence-electron chi connectivity index (χ2n) is 3.52.